The number of hydrogen-bond donors (Lipinski definition) is 1. The van der Waals surface area contributed by atoms with E-state index in [0.717, 1.165) is 16.8 Å². The maximum absolute atomic E-state index is 12.4. The van der Waals surface area contributed by atoms with Crippen LogP contribution in [0.3, 0.4) is 0 Å². The Labute approximate surface area is 157 Å². The summed E-state index contributed by atoms with van der Waals surface area (Å²) in [5.74, 6) is -0.119. The number of aromatic nitrogens is 4. The molecule has 2 rings (SSSR count). The summed E-state index contributed by atoms with van der Waals surface area (Å²) < 4.78 is 1.66. The molecular weight excluding hydrogens is 352 g/mol. The Morgan fingerprint density at radius 2 is 1.92 bits per heavy atom. The molecule has 2 aromatic rings. The molecule has 140 valence electrons. The van der Waals surface area contributed by atoms with Crippen LogP contribution in [-0.2, 0) is 9.59 Å². The van der Waals surface area contributed by atoms with Crippen LogP contribution in [0.4, 0.5) is 0 Å². The van der Waals surface area contributed by atoms with Gasteiger partial charge in [-0.1, -0.05) is 30.0 Å². The smallest absolute Gasteiger partial charge is 0.239 e. The van der Waals surface area contributed by atoms with E-state index in [0.29, 0.717) is 18.2 Å². The van der Waals surface area contributed by atoms with Gasteiger partial charge in [-0.3, -0.25) is 9.59 Å². The van der Waals surface area contributed by atoms with Gasteiger partial charge in [-0.25, -0.2) is 0 Å². The van der Waals surface area contributed by atoms with E-state index >= 15 is 0 Å². The minimum absolute atomic E-state index is 0.0611. The zero-order valence-electron chi connectivity index (χ0n) is 15.5. The number of benzene rings is 1. The molecule has 1 N–H and O–H groups in total. The topological polar surface area (TPSA) is 93.0 Å². The van der Waals surface area contributed by atoms with Gasteiger partial charge in [-0.05, 0) is 49.2 Å². The highest BCUT2D eigenvalue weighted by Crippen LogP contribution is 2.23. The molecule has 0 bridgehead atoms. The normalized spacial score (nSPS) is 10.6. The molecule has 8 nitrogen and oxygen atoms in total. The lowest BCUT2D eigenvalue weighted by molar-refractivity contribution is -0.133. The average Bonchev–Trinajstić information content (AvgIpc) is 3.06. The van der Waals surface area contributed by atoms with Crippen LogP contribution in [0, 0.1) is 13.8 Å². The van der Waals surface area contributed by atoms with Crippen molar-refractivity contribution in [2.75, 3.05) is 25.4 Å². The van der Waals surface area contributed by atoms with E-state index in [1.165, 1.54) is 16.7 Å². The molecule has 0 saturated heterocycles. The van der Waals surface area contributed by atoms with E-state index in [2.05, 4.69) is 20.8 Å². The predicted octanol–water partition coefficient (Wildman–Crippen LogP) is 1.36. The molecule has 0 aliphatic heterocycles. The maximum Gasteiger partial charge on any atom is 0.239 e. The van der Waals surface area contributed by atoms with Crippen LogP contribution in [-0.4, -0.2) is 62.3 Å². The van der Waals surface area contributed by atoms with Gasteiger partial charge in [0.1, 0.15) is 0 Å². The van der Waals surface area contributed by atoms with Crippen molar-refractivity contribution >= 4 is 23.6 Å². The van der Waals surface area contributed by atoms with Gasteiger partial charge in [0.15, 0.2) is 0 Å². The summed E-state index contributed by atoms with van der Waals surface area (Å²) in [4.78, 5) is 25.7. The Balaban J connectivity index is 2.08. The van der Waals surface area contributed by atoms with Gasteiger partial charge in [0.25, 0.3) is 0 Å². The Hall–Kier alpha value is -2.42. The molecule has 26 heavy (non-hydrogen) atoms. The third kappa shape index (κ3) is 4.81. The second-order valence-electron chi connectivity index (χ2n) is 5.76. The number of para-hydroxylation sites is 1. The predicted molar refractivity (Wildman–Crippen MR) is 100 cm³/mol. The number of rotatable bonds is 8. The van der Waals surface area contributed by atoms with Gasteiger partial charge >= 0.3 is 0 Å². The molecule has 2 amide bonds. The zero-order valence-corrected chi connectivity index (χ0v) is 16.3. The highest BCUT2D eigenvalue weighted by Gasteiger charge is 2.18. The minimum atomic E-state index is -0.159. The summed E-state index contributed by atoms with van der Waals surface area (Å²) in [5, 5.41) is 15.1. The lowest BCUT2D eigenvalue weighted by Gasteiger charge is -2.20. The summed E-state index contributed by atoms with van der Waals surface area (Å²) >= 11 is 1.26. The van der Waals surface area contributed by atoms with Gasteiger partial charge < -0.3 is 10.2 Å². The van der Waals surface area contributed by atoms with Crippen molar-refractivity contribution in [3.63, 3.8) is 0 Å². The van der Waals surface area contributed by atoms with Crippen LogP contribution < -0.4 is 5.32 Å². The SMILES string of the molecule is CCNC(=O)CN(CC)C(=O)CSc1nnnn1-c1c(C)cccc1C. The van der Waals surface area contributed by atoms with Crippen LogP contribution in [0.25, 0.3) is 5.69 Å². The van der Waals surface area contributed by atoms with Crippen molar-refractivity contribution in [2.24, 2.45) is 0 Å². The molecule has 0 unspecified atom stereocenters. The van der Waals surface area contributed by atoms with Crippen LogP contribution in [0.5, 0.6) is 0 Å². The number of amides is 2. The summed E-state index contributed by atoms with van der Waals surface area (Å²) in [5.41, 5.74) is 3.02. The maximum atomic E-state index is 12.4. The van der Waals surface area contributed by atoms with E-state index in [1.54, 1.807) is 4.68 Å². The van der Waals surface area contributed by atoms with Crippen molar-refractivity contribution < 1.29 is 9.59 Å². The van der Waals surface area contributed by atoms with Crippen LogP contribution in [0.15, 0.2) is 23.4 Å². The molecule has 0 radical (unpaired) electrons. The fourth-order valence-corrected chi connectivity index (χ4v) is 3.35. The first-order valence-electron chi connectivity index (χ1n) is 8.50. The first-order valence-corrected chi connectivity index (χ1v) is 9.48. The monoisotopic (exact) mass is 376 g/mol. The van der Waals surface area contributed by atoms with Gasteiger partial charge in [0.05, 0.1) is 18.0 Å². The lowest BCUT2D eigenvalue weighted by atomic mass is 10.1. The molecule has 0 spiro atoms. The molecule has 0 aliphatic rings. The molecule has 0 aliphatic carbocycles. The van der Waals surface area contributed by atoms with Gasteiger partial charge in [-0.2, -0.15) is 4.68 Å². The summed E-state index contributed by atoms with van der Waals surface area (Å²) in [6.45, 7) is 8.76. The number of nitrogens with zero attached hydrogens (tertiary/aromatic N) is 5. The first kappa shape index (κ1) is 19.9. The largest absolute Gasteiger partial charge is 0.355 e. The number of tetrazole rings is 1. The van der Waals surface area contributed by atoms with Crippen molar-refractivity contribution in [2.45, 2.75) is 32.9 Å². The van der Waals surface area contributed by atoms with Crippen molar-refractivity contribution in [1.82, 2.24) is 30.4 Å². The molecule has 1 aromatic carbocycles. The van der Waals surface area contributed by atoms with E-state index in [1.807, 2.05) is 45.9 Å². The highest BCUT2D eigenvalue weighted by molar-refractivity contribution is 7.99. The Morgan fingerprint density at radius 1 is 1.23 bits per heavy atom. The summed E-state index contributed by atoms with van der Waals surface area (Å²) in [6.07, 6.45) is 0. The van der Waals surface area contributed by atoms with E-state index < -0.39 is 0 Å². The lowest BCUT2D eigenvalue weighted by Crippen LogP contribution is -2.41. The Morgan fingerprint density at radius 3 is 2.54 bits per heavy atom. The average molecular weight is 376 g/mol. The standard InChI is InChI=1S/C17H24N6O2S/c1-5-18-14(24)10-22(6-2)15(25)11-26-17-19-20-21-23(17)16-12(3)8-7-9-13(16)4/h7-9H,5-6,10-11H2,1-4H3,(H,18,24). The van der Waals surface area contributed by atoms with E-state index in [-0.39, 0.29) is 24.1 Å². The van der Waals surface area contributed by atoms with Crippen LogP contribution >= 0.6 is 11.8 Å². The molecule has 9 heteroatoms. The first-order chi connectivity index (χ1) is 12.5. The second-order valence-corrected chi connectivity index (χ2v) is 6.71. The number of thioether (sulfide) groups is 1. The van der Waals surface area contributed by atoms with Gasteiger partial charge in [0.2, 0.25) is 17.0 Å². The number of carbonyl (C=O) groups excluding carboxylic acids is 2. The Kier molecular flexibility index (Phi) is 7.14. The van der Waals surface area contributed by atoms with Crippen LogP contribution in [0.1, 0.15) is 25.0 Å². The number of hydrogen-bond acceptors (Lipinski definition) is 6. The third-order valence-electron chi connectivity index (χ3n) is 3.86. The quantitative estimate of drug-likeness (QED) is 0.699. The highest BCUT2D eigenvalue weighted by atomic mass is 32.2. The van der Waals surface area contributed by atoms with E-state index in [4.69, 9.17) is 0 Å². The van der Waals surface area contributed by atoms with Gasteiger partial charge in [-0.15, -0.1) is 5.10 Å². The van der Waals surface area contributed by atoms with Gasteiger partial charge in [0, 0.05) is 13.1 Å². The van der Waals surface area contributed by atoms with Crippen LogP contribution in [0.2, 0.25) is 0 Å². The number of nitrogens with one attached hydrogen (secondary N) is 1. The zero-order chi connectivity index (χ0) is 19.1. The fraction of sp³-hybridized carbons (Fsp3) is 0.471. The van der Waals surface area contributed by atoms with Crippen molar-refractivity contribution in [3.05, 3.63) is 29.3 Å². The van der Waals surface area contributed by atoms with Crippen molar-refractivity contribution in [1.29, 1.82) is 0 Å². The fourth-order valence-electron chi connectivity index (χ4n) is 2.57. The molecular formula is C17H24N6O2S. The molecule has 0 fully saturated rings. The van der Waals surface area contributed by atoms with Crippen molar-refractivity contribution in [3.8, 4) is 5.69 Å². The molecule has 0 saturated carbocycles. The molecule has 1 aromatic heterocycles. The van der Waals surface area contributed by atoms with E-state index in [9.17, 15) is 9.59 Å². The summed E-state index contributed by atoms with van der Waals surface area (Å²) in [7, 11) is 0. The number of aryl methyl sites for hydroxylation is 2. The number of likely N-dealkylation sites (N-methyl/N-ethyl adjacent to an activating group) is 2. The second kappa shape index (κ2) is 9.33. The third-order valence-corrected chi connectivity index (χ3v) is 4.76. The molecule has 1 heterocycles. The minimum Gasteiger partial charge on any atom is -0.355 e. The summed E-state index contributed by atoms with van der Waals surface area (Å²) in [6, 6.07) is 5.97. The number of carbonyl (C=O) groups is 2. The molecule has 0 atom stereocenters. The Bertz CT molecular complexity index is 756.